The van der Waals surface area contributed by atoms with Gasteiger partial charge in [0, 0.05) is 31.7 Å². The normalized spacial score (nSPS) is 18.4. The van der Waals surface area contributed by atoms with Crippen LogP contribution in [0.5, 0.6) is 0 Å². The summed E-state index contributed by atoms with van der Waals surface area (Å²) in [7, 11) is 0. The quantitative estimate of drug-likeness (QED) is 0.607. The van der Waals surface area contributed by atoms with Crippen molar-refractivity contribution >= 4 is 23.1 Å². The van der Waals surface area contributed by atoms with Crippen molar-refractivity contribution in [1.82, 2.24) is 25.7 Å². The summed E-state index contributed by atoms with van der Waals surface area (Å²) in [6.45, 7) is 2.93. The van der Waals surface area contributed by atoms with Crippen molar-refractivity contribution in [3.63, 3.8) is 0 Å². The predicted octanol–water partition coefficient (Wildman–Crippen LogP) is 2.97. The lowest BCUT2D eigenvalue weighted by Gasteiger charge is -2.31. The van der Waals surface area contributed by atoms with Gasteiger partial charge in [0.2, 0.25) is 5.89 Å². The number of hydrogen-bond donors (Lipinski definition) is 2. The number of fused-ring (bicyclic) bond motifs is 1. The molecule has 0 radical (unpaired) electrons. The lowest BCUT2D eigenvalue weighted by atomic mass is 10.1. The lowest BCUT2D eigenvalue weighted by molar-refractivity contribution is 0.465. The van der Waals surface area contributed by atoms with Gasteiger partial charge in [0.15, 0.2) is 11.5 Å². The van der Waals surface area contributed by atoms with Crippen LogP contribution in [0.2, 0.25) is 5.02 Å². The number of anilines is 2. The summed E-state index contributed by atoms with van der Waals surface area (Å²) < 4.78 is 34.0. The van der Waals surface area contributed by atoms with E-state index in [2.05, 4.69) is 31.0 Å². The van der Waals surface area contributed by atoms with Gasteiger partial charge in [-0.2, -0.15) is 0 Å². The molecule has 4 heterocycles. The average molecular weight is 434 g/mol. The van der Waals surface area contributed by atoms with E-state index in [4.69, 9.17) is 16.0 Å². The molecule has 0 spiro atoms. The summed E-state index contributed by atoms with van der Waals surface area (Å²) in [5, 5.41) is 22.9. The molecule has 0 saturated carbocycles. The van der Waals surface area contributed by atoms with E-state index in [1.54, 1.807) is 6.07 Å². The largest absolute Gasteiger partial charge is 0.419 e. The maximum absolute atomic E-state index is 14.3. The smallest absolute Gasteiger partial charge is 0.268 e. The second-order valence-corrected chi connectivity index (χ2v) is 7.65. The first-order valence-electron chi connectivity index (χ1n) is 9.63. The number of hydrogen-bond acceptors (Lipinski definition) is 8. The summed E-state index contributed by atoms with van der Waals surface area (Å²) >= 11 is 6.01. The molecule has 1 saturated heterocycles. The van der Waals surface area contributed by atoms with Crippen LogP contribution in [0.3, 0.4) is 0 Å². The molecule has 156 valence electrons. The molecular weight excluding hydrogens is 416 g/mol. The van der Waals surface area contributed by atoms with E-state index < -0.39 is 11.6 Å². The topological polar surface area (TPSA) is 92.0 Å². The van der Waals surface area contributed by atoms with E-state index in [1.165, 1.54) is 0 Å². The summed E-state index contributed by atoms with van der Waals surface area (Å²) in [6, 6.07) is 3.85. The predicted molar refractivity (Wildman–Crippen MR) is 106 cm³/mol. The SMILES string of the molecule is Fc1ccc(F)c(CN2CCNc3nnc(-c4nnc(C5CCNC5)o4)cc32)c1Cl. The summed E-state index contributed by atoms with van der Waals surface area (Å²) in [4.78, 5) is 1.87. The van der Waals surface area contributed by atoms with Crippen molar-refractivity contribution in [2.45, 2.75) is 18.9 Å². The van der Waals surface area contributed by atoms with Crippen LogP contribution in [0.1, 0.15) is 23.8 Å². The molecule has 8 nitrogen and oxygen atoms in total. The Morgan fingerprint density at radius 3 is 2.83 bits per heavy atom. The molecule has 5 rings (SSSR count). The standard InChI is InChI=1S/C19H18ClF2N7O/c20-16-11(12(21)1-2-13(16)22)9-29-6-5-24-17-15(29)7-14(25-26-17)19-28-27-18(30-19)10-3-4-23-8-10/h1-2,7,10,23H,3-6,8-9H2,(H,24,26). The Morgan fingerprint density at radius 1 is 1.13 bits per heavy atom. The number of rotatable bonds is 4. The highest BCUT2D eigenvalue weighted by atomic mass is 35.5. The van der Waals surface area contributed by atoms with Crippen LogP contribution in [-0.4, -0.2) is 46.6 Å². The molecule has 3 aromatic rings. The van der Waals surface area contributed by atoms with Gasteiger partial charge in [-0.3, -0.25) is 0 Å². The van der Waals surface area contributed by atoms with Crippen LogP contribution in [-0.2, 0) is 6.54 Å². The molecule has 2 N–H and O–H groups in total. The van der Waals surface area contributed by atoms with Crippen LogP contribution in [0.4, 0.5) is 20.3 Å². The minimum atomic E-state index is -0.656. The van der Waals surface area contributed by atoms with Crippen molar-refractivity contribution in [2.75, 3.05) is 36.4 Å². The van der Waals surface area contributed by atoms with Gasteiger partial charge in [-0.1, -0.05) is 11.6 Å². The van der Waals surface area contributed by atoms with Crippen molar-refractivity contribution < 1.29 is 13.2 Å². The van der Waals surface area contributed by atoms with Gasteiger partial charge in [-0.15, -0.1) is 20.4 Å². The van der Waals surface area contributed by atoms with Crippen LogP contribution in [0.25, 0.3) is 11.6 Å². The highest BCUT2D eigenvalue weighted by Crippen LogP contribution is 2.33. The van der Waals surface area contributed by atoms with Crippen LogP contribution in [0, 0.1) is 11.6 Å². The Labute approximate surface area is 175 Å². The van der Waals surface area contributed by atoms with Gasteiger partial charge in [0.1, 0.15) is 11.6 Å². The van der Waals surface area contributed by atoms with E-state index >= 15 is 0 Å². The molecule has 1 atom stereocenters. The van der Waals surface area contributed by atoms with Gasteiger partial charge >= 0.3 is 0 Å². The van der Waals surface area contributed by atoms with Gasteiger partial charge in [-0.25, -0.2) is 8.78 Å². The van der Waals surface area contributed by atoms with E-state index in [0.717, 1.165) is 31.6 Å². The number of halogens is 3. The molecule has 0 bridgehead atoms. The Kier molecular flexibility index (Phi) is 4.95. The molecule has 1 aromatic carbocycles. The lowest BCUT2D eigenvalue weighted by Crippen LogP contribution is -2.34. The van der Waals surface area contributed by atoms with Crippen LogP contribution >= 0.6 is 11.6 Å². The molecule has 1 fully saturated rings. The third-order valence-corrected chi connectivity index (χ3v) is 5.75. The fraction of sp³-hybridized carbons (Fsp3) is 0.368. The van der Waals surface area contributed by atoms with E-state index in [0.29, 0.717) is 36.2 Å². The number of aromatic nitrogens is 4. The summed E-state index contributed by atoms with van der Waals surface area (Å²) in [5.41, 5.74) is 1.18. The molecule has 30 heavy (non-hydrogen) atoms. The summed E-state index contributed by atoms with van der Waals surface area (Å²) in [6.07, 6.45) is 0.940. The Balaban J connectivity index is 1.46. The Bertz CT molecular complexity index is 1090. The van der Waals surface area contributed by atoms with Crippen molar-refractivity contribution in [3.05, 3.63) is 46.3 Å². The fourth-order valence-corrected chi connectivity index (χ4v) is 3.93. The number of nitrogens with zero attached hydrogens (tertiary/aromatic N) is 5. The fourth-order valence-electron chi connectivity index (χ4n) is 3.72. The monoisotopic (exact) mass is 433 g/mol. The second-order valence-electron chi connectivity index (χ2n) is 7.27. The van der Waals surface area contributed by atoms with E-state index in [9.17, 15) is 8.78 Å². The Morgan fingerprint density at radius 2 is 2.00 bits per heavy atom. The molecule has 2 aliphatic heterocycles. The van der Waals surface area contributed by atoms with Gasteiger partial charge in [0.25, 0.3) is 5.89 Å². The van der Waals surface area contributed by atoms with E-state index in [1.807, 2.05) is 4.90 Å². The van der Waals surface area contributed by atoms with Gasteiger partial charge < -0.3 is 20.0 Å². The molecular formula is C19H18ClF2N7O. The minimum absolute atomic E-state index is 0.0884. The van der Waals surface area contributed by atoms with Crippen molar-refractivity contribution in [2.24, 2.45) is 0 Å². The molecule has 1 unspecified atom stereocenters. The van der Waals surface area contributed by atoms with Crippen LogP contribution < -0.4 is 15.5 Å². The Hall–Kier alpha value is -2.85. The number of benzene rings is 1. The van der Waals surface area contributed by atoms with Gasteiger partial charge in [0.05, 0.1) is 16.6 Å². The third-order valence-electron chi connectivity index (χ3n) is 5.35. The second kappa shape index (κ2) is 7.77. The zero-order valence-corrected chi connectivity index (χ0v) is 16.6. The molecule has 0 amide bonds. The first-order chi connectivity index (χ1) is 14.6. The van der Waals surface area contributed by atoms with Gasteiger partial charge in [-0.05, 0) is 31.2 Å². The maximum Gasteiger partial charge on any atom is 0.268 e. The van der Waals surface area contributed by atoms with Crippen molar-refractivity contribution in [3.8, 4) is 11.6 Å². The van der Waals surface area contributed by atoms with Crippen molar-refractivity contribution in [1.29, 1.82) is 0 Å². The molecule has 2 aliphatic rings. The molecule has 0 aliphatic carbocycles. The first-order valence-corrected chi connectivity index (χ1v) is 10.0. The zero-order valence-electron chi connectivity index (χ0n) is 15.8. The highest BCUT2D eigenvalue weighted by molar-refractivity contribution is 6.31. The molecule has 2 aromatic heterocycles. The highest BCUT2D eigenvalue weighted by Gasteiger charge is 2.26. The minimum Gasteiger partial charge on any atom is -0.419 e. The molecule has 11 heteroatoms. The summed E-state index contributed by atoms with van der Waals surface area (Å²) in [5.74, 6) is 0.351. The van der Waals surface area contributed by atoms with Crippen LogP contribution in [0.15, 0.2) is 22.6 Å². The third kappa shape index (κ3) is 3.46. The number of nitrogens with one attached hydrogen (secondary N) is 2. The zero-order chi connectivity index (χ0) is 20.7. The average Bonchev–Trinajstić information content (AvgIpc) is 3.45. The van der Waals surface area contributed by atoms with E-state index in [-0.39, 0.29) is 28.9 Å². The maximum atomic E-state index is 14.3. The first kappa shape index (κ1) is 19.1.